The van der Waals surface area contributed by atoms with Gasteiger partial charge < -0.3 is 20.1 Å². The number of likely N-dealkylation sites (tertiary alicyclic amines) is 1. The molecule has 0 bridgehead atoms. The molecule has 33 heavy (non-hydrogen) atoms. The molecule has 2 N–H and O–H groups in total. The van der Waals surface area contributed by atoms with E-state index in [4.69, 9.17) is 0 Å². The number of nitrogens with zero attached hydrogens (tertiary/aromatic N) is 4. The number of aliphatic imine (C=N–C) groups is 1. The number of hydrogen-bond donors (Lipinski definition) is 2. The van der Waals surface area contributed by atoms with Gasteiger partial charge in [0.1, 0.15) is 5.82 Å². The van der Waals surface area contributed by atoms with Gasteiger partial charge in [0.25, 0.3) is 5.91 Å². The van der Waals surface area contributed by atoms with Crippen molar-refractivity contribution in [3.05, 3.63) is 65.5 Å². The lowest BCUT2D eigenvalue weighted by molar-refractivity contribution is 0.0724. The van der Waals surface area contributed by atoms with Crippen LogP contribution in [0.1, 0.15) is 47.4 Å². The van der Waals surface area contributed by atoms with E-state index in [-0.39, 0.29) is 5.91 Å². The molecule has 7 nitrogen and oxygen atoms in total. The van der Waals surface area contributed by atoms with E-state index in [0.29, 0.717) is 6.54 Å². The van der Waals surface area contributed by atoms with Crippen molar-refractivity contribution < 1.29 is 4.79 Å². The zero-order chi connectivity index (χ0) is 23.0. The Morgan fingerprint density at radius 3 is 2.55 bits per heavy atom. The maximum atomic E-state index is 12.6. The van der Waals surface area contributed by atoms with E-state index in [1.54, 1.807) is 7.05 Å². The van der Waals surface area contributed by atoms with Gasteiger partial charge in [0.2, 0.25) is 0 Å². The number of benzene rings is 2. The maximum absolute atomic E-state index is 12.6. The molecule has 1 aliphatic rings. The molecule has 3 aromatic rings. The Balaban J connectivity index is 1.22. The second-order valence-corrected chi connectivity index (χ2v) is 8.56. The number of fused-ring (bicyclic) bond motifs is 1. The summed E-state index contributed by atoms with van der Waals surface area (Å²) in [5.41, 5.74) is 4.11. The molecule has 0 saturated carbocycles. The van der Waals surface area contributed by atoms with Crippen LogP contribution in [0.3, 0.4) is 0 Å². The lowest BCUT2D eigenvalue weighted by Crippen LogP contribution is -2.37. The third-order valence-electron chi connectivity index (χ3n) is 6.22. The number of aromatic nitrogens is 2. The second-order valence-electron chi connectivity index (χ2n) is 8.56. The molecular formula is C26H34N6O. The number of guanidine groups is 1. The third kappa shape index (κ3) is 5.72. The lowest BCUT2D eigenvalue weighted by Gasteiger charge is -2.26. The topological polar surface area (TPSA) is 74.5 Å². The molecule has 1 aromatic heterocycles. The van der Waals surface area contributed by atoms with Crippen molar-refractivity contribution in [2.45, 2.75) is 45.7 Å². The predicted octanol–water partition coefficient (Wildman–Crippen LogP) is 3.73. The van der Waals surface area contributed by atoms with Crippen molar-refractivity contribution in [1.82, 2.24) is 25.1 Å². The Kier molecular flexibility index (Phi) is 7.60. The van der Waals surface area contributed by atoms with Gasteiger partial charge in [0.05, 0.1) is 11.0 Å². The smallest absolute Gasteiger partial charge is 0.253 e. The van der Waals surface area contributed by atoms with Crippen LogP contribution in [0, 0.1) is 6.92 Å². The zero-order valence-electron chi connectivity index (χ0n) is 19.7. The number of imidazole rings is 1. The van der Waals surface area contributed by atoms with Gasteiger partial charge in [-0.05, 0) is 62.4 Å². The van der Waals surface area contributed by atoms with Crippen molar-refractivity contribution in [2.24, 2.45) is 4.99 Å². The summed E-state index contributed by atoms with van der Waals surface area (Å²) in [7, 11) is 1.78. The molecule has 0 radical (unpaired) electrons. The van der Waals surface area contributed by atoms with Crippen LogP contribution in [0.5, 0.6) is 0 Å². The van der Waals surface area contributed by atoms with Crippen LogP contribution in [0.2, 0.25) is 0 Å². The highest BCUT2D eigenvalue weighted by Crippen LogP contribution is 2.16. The summed E-state index contributed by atoms with van der Waals surface area (Å²) < 4.78 is 2.26. The highest BCUT2D eigenvalue weighted by molar-refractivity contribution is 5.94. The molecule has 1 amide bonds. The van der Waals surface area contributed by atoms with Gasteiger partial charge in [-0.15, -0.1) is 0 Å². The zero-order valence-corrected chi connectivity index (χ0v) is 19.7. The third-order valence-corrected chi connectivity index (χ3v) is 6.22. The highest BCUT2D eigenvalue weighted by Gasteiger charge is 2.17. The summed E-state index contributed by atoms with van der Waals surface area (Å²) in [6.07, 6.45) is 4.41. The first kappa shape index (κ1) is 22.8. The summed E-state index contributed by atoms with van der Waals surface area (Å²) in [5.74, 6) is 1.96. The number of piperidine rings is 1. The van der Waals surface area contributed by atoms with Crippen LogP contribution in [-0.4, -0.2) is 53.0 Å². The average Bonchev–Trinajstić information content (AvgIpc) is 3.19. The van der Waals surface area contributed by atoms with Crippen molar-refractivity contribution >= 4 is 22.9 Å². The number of nitrogens with one attached hydrogen (secondary N) is 2. The Labute approximate surface area is 195 Å². The Morgan fingerprint density at radius 1 is 1.03 bits per heavy atom. The van der Waals surface area contributed by atoms with Crippen LogP contribution < -0.4 is 10.6 Å². The molecule has 2 aromatic carbocycles. The van der Waals surface area contributed by atoms with Gasteiger partial charge in [-0.2, -0.15) is 0 Å². The van der Waals surface area contributed by atoms with Crippen LogP contribution in [-0.2, 0) is 13.1 Å². The molecular weight excluding hydrogens is 412 g/mol. The van der Waals surface area contributed by atoms with E-state index >= 15 is 0 Å². The van der Waals surface area contributed by atoms with Gasteiger partial charge in [-0.1, -0.05) is 24.3 Å². The maximum Gasteiger partial charge on any atom is 0.253 e. The second kappa shape index (κ2) is 11.0. The molecule has 0 spiro atoms. The molecule has 2 heterocycles. The monoisotopic (exact) mass is 446 g/mol. The normalized spacial score (nSPS) is 14.5. The quantitative estimate of drug-likeness (QED) is 0.330. The minimum atomic E-state index is 0.146. The molecule has 7 heteroatoms. The minimum Gasteiger partial charge on any atom is -0.356 e. The fraction of sp³-hybridized carbons (Fsp3) is 0.423. The molecule has 174 valence electrons. The molecule has 0 unspecified atom stereocenters. The summed E-state index contributed by atoms with van der Waals surface area (Å²) >= 11 is 0. The standard InChI is InChI=1S/C26H34N6O/c1-20-30-23-9-4-5-10-24(23)32(20)18-8-15-28-26(27-2)29-19-21-11-13-22(14-12-21)25(33)31-16-6-3-7-17-31/h4-5,9-14H,3,6-8,15-19H2,1-2H3,(H2,27,28,29). The van der Waals surface area contributed by atoms with Crippen molar-refractivity contribution in [1.29, 1.82) is 0 Å². The molecule has 0 atom stereocenters. The first-order valence-corrected chi connectivity index (χ1v) is 11.9. The van der Waals surface area contributed by atoms with Crippen LogP contribution in [0.25, 0.3) is 11.0 Å². The van der Waals surface area contributed by atoms with E-state index < -0.39 is 0 Å². The van der Waals surface area contributed by atoms with Crippen molar-refractivity contribution in [2.75, 3.05) is 26.7 Å². The van der Waals surface area contributed by atoms with Crippen LogP contribution in [0.4, 0.5) is 0 Å². The van der Waals surface area contributed by atoms with E-state index in [2.05, 4.69) is 50.3 Å². The largest absolute Gasteiger partial charge is 0.356 e. The summed E-state index contributed by atoms with van der Waals surface area (Å²) in [5, 5.41) is 6.74. The van der Waals surface area contributed by atoms with Gasteiger partial charge >= 0.3 is 0 Å². The van der Waals surface area contributed by atoms with Gasteiger partial charge in [0.15, 0.2) is 5.96 Å². The van der Waals surface area contributed by atoms with E-state index in [1.807, 2.05) is 35.2 Å². The van der Waals surface area contributed by atoms with Crippen molar-refractivity contribution in [3.8, 4) is 0 Å². The van der Waals surface area contributed by atoms with E-state index in [1.165, 1.54) is 11.9 Å². The van der Waals surface area contributed by atoms with E-state index in [9.17, 15) is 4.79 Å². The SMILES string of the molecule is CN=C(NCCCn1c(C)nc2ccccc21)NCc1ccc(C(=O)N2CCCCC2)cc1. The number of carbonyl (C=O) groups is 1. The fourth-order valence-electron chi connectivity index (χ4n) is 4.37. The van der Waals surface area contributed by atoms with E-state index in [0.717, 1.165) is 73.9 Å². The molecule has 1 aliphatic heterocycles. The van der Waals surface area contributed by atoms with Crippen LogP contribution >= 0.6 is 0 Å². The summed E-state index contributed by atoms with van der Waals surface area (Å²) in [6.45, 7) is 6.18. The number of para-hydroxylation sites is 2. The van der Waals surface area contributed by atoms with Crippen molar-refractivity contribution in [3.63, 3.8) is 0 Å². The minimum absolute atomic E-state index is 0.146. The number of carbonyl (C=O) groups excluding carboxylic acids is 1. The Bertz CT molecular complexity index is 1100. The first-order valence-electron chi connectivity index (χ1n) is 11.9. The number of rotatable bonds is 7. The molecule has 4 rings (SSSR count). The average molecular weight is 447 g/mol. The lowest BCUT2D eigenvalue weighted by atomic mass is 10.1. The number of hydrogen-bond acceptors (Lipinski definition) is 3. The van der Waals surface area contributed by atoms with Gasteiger partial charge in [0, 0.05) is 45.3 Å². The molecule has 0 aliphatic carbocycles. The Morgan fingerprint density at radius 2 is 1.79 bits per heavy atom. The van der Waals surface area contributed by atoms with Crippen LogP contribution in [0.15, 0.2) is 53.5 Å². The van der Waals surface area contributed by atoms with Gasteiger partial charge in [-0.25, -0.2) is 4.98 Å². The highest BCUT2D eigenvalue weighted by atomic mass is 16.2. The number of aryl methyl sites for hydroxylation is 2. The Hall–Kier alpha value is -3.35. The summed E-state index contributed by atoms with van der Waals surface area (Å²) in [4.78, 5) is 23.6. The molecule has 1 saturated heterocycles. The number of amides is 1. The first-order chi connectivity index (χ1) is 16.2. The predicted molar refractivity (Wildman–Crippen MR) is 133 cm³/mol. The van der Waals surface area contributed by atoms with Gasteiger partial charge in [-0.3, -0.25) is 9.79 Å². The summed E-state index contributed by atoms with van der Waals surface area (Å²) in [6, 6.07) is 16.2. The molecule has 1 fully saturated rings. The fourth-order valence-corrected chi connectivity index (χ4v) is 4.37.